The van der Waals surface area contributed by atoms with Gasteiger partial charge in [-0.2, -0.15) is 0 Å². The Hall–Kier alpha value is -2.63. The molecule has 0 bridgehead atoms. The lowest BCUT2D eigenvalue weighted by Crippen LogP contribution is -2.46. The number of anilines is 3. The maximum absolute atomic E-state index is 11.8. The lowest BCUT2D eigenvalue weighted by molar-refractivity contribution is -0.117. The van der Waals surface area contributed by atoms with Crippen LogP contribution in [0.3, 0.4) is 0 Å². The van der Waals surface area contributed by atoms with Crippen LogP contribution in [0.2, 0.25) is 0 Å². The van der Waals surface area contributed by atoms with Crippen molar-refractivity contribution in [2.75, 3.05) is 41.3 Å². The van der Waals surface area contributed by atoms with Gasteiger partial charge in [-0.15, -0.1) is 10.2 Å². The zero-order valence-electron chi connectivity index (χ0n) is 14.5. The van der Waals surface area contributed by atoms with Crippen LogP contribution in [-0.2, 0) is 4.79 Å². The standard InChI is InChI=1S/C19H23N5O/c1-14-3-2-4-16(13-14)23-9-11-24(12-10-23)18-8-7-17(21-22-18)20-19(25)15-5-6-15/h2-4,7-8,13,15H,5-6,9-12H2,1H3,(H,20,21,25). The molecule has 25 heavy (non-hydrogen) atoms. The van der Waals surface area contributed by atoms with E-state index in [4.69, 9.17) is 0 Å². The number of carbonyl (C=O) groups excluding carboxylic acids is 1. The van der Waals surface area contributed by atoms with Crippen LogP contribution in [0.15, 0.2) is 36.4 Å². The Bertz CT molecular complexity index is 749. The molecule has 1 aliphatic carbocycles. The Balaban J connectivity index is 1.35. The molecule has 6 heteroatoms. The Morgan fingerprint density at radius 3 is 2.44 bits per heavy atom. The van der Waals surface area contributed by atoms with Crippen molar-refractivity contribution in [2.24, 2.45) is 5.92 Å². The van der Waals surface area contributed by atoms with Crippen molar-refractivity contribution < 1.29 is 4.79 Å². The highest BCUT2D eigenvalue weighted by molar-refractivity contribution is 5.93. The number of aryl methyl sites for hydroxylation is 1. The number of hydrogen-bond acceptors (Lipinski definition) is 5. The SMILES string of the molecule is Cc1cccc(N2CCN(c3ccc(NC(=O)C4CC4)nn3)CC2)c1. The summed E-state index contributed by atoms with van der Waals surface area (Å²) in [6.45, 7) is 5.88. The van der Waals surface area contributed by atoms with E-state index in [-0.39, 0.29) is 11.8 Å². The highest BCUT2D eigenvalue weighted by atomic mass is 16.2. The Morgan fingerprint density at radius 1 is 1.04 bits per heavy atom. The molecule has 130 valence electrons. The van der Waals surface area contributed by atoms with Crippen molar-refractivity contribution in [2.45, 2.75) is 19.8 Å². The molecular formula is C19H23N5O. The van der Waals surface area contributed by atoms with E-state index in [2.05, 4.69) is 56.5 Å². The van der Waals surface area contributed by atoms with Crippen LogP contribution < -0.4 is 15.1 Å². The molecule has 2 heterocycles. The summed E-state index contributed by atoms with van der Waals surface area (Å²) in [4.78, 5) is 16.4. The van der Waals surface area contributed by atoms with Crippen molar-refractivity contribution in [3.05, 3.63) is 42.0 Å². The number of benzene rings is 1. The van der Waals surface area contributed by atoms with Crippen molar-refractivity contribution in [1.29, 1.82) is 0 Å². The van der Waals surface area contributed by atoms with Crippen molar-refractivity contribution in [3.8, 4) is 0 Å². The number of aromatic nitrogens is 2. The minimum absolute atomic E-state index is 0.0637. The lowest BCUT2D eigenvalue weighted by Gasteiger charge is -2.36. The molecule has 1 aromatic heterocycles. The summed E-state index contributed by atoms with van der Waals surface area (Å²) < 4.78 is 0. The molecule has 1 aromatic carbocycles. The van der Waals surface area contributed by atoms with E-state index in [1.165, 1.54) is 11.3 Å². The van der Waals surface area contributed by atoms with Crippen molar-refractivity contribution in [3.63, 3.8) is 0 Å². The van der Waals surface area contributed by atoms with Gasteiger partial charge in [0.1, 0.15) is 0 Å². The predicted molar refractivity (Wildman–Crippen MR) is 99.0 cm³/mol. The molecule has 1 N–H and O–H groups in total. The largest absolute Gasteiger partial charge is 0.368 e. The van der Waals surface area contributed by atoms with Gasteiger partial charge in [0.2, 0.25) is 5.91 Å². The molecule has 0 spiro atoms. The monoisotopic (exact) mass is 337 g/mol. The summed E-state index contributed by atoms with van der Waals surface area (Å²) in [5.74, 6) is 1.65. The second kappa shape index (κ2) is 6.70. The predicted octanol–water partition coefficient (Wildman–Crippen LogP) is 2.46. The van der Waals surface area contributed by atoms with Crippen LogP contribution in [0, 0.1) is 12.8 Å². The number of piperazine rings is 1. The molecule has 6 nitrogen and oxygen atoms in total. The second-order valence-corrected chi connectivity index (χ2v) is 6.85. The fourth-order valence-electron chi connectivity index (χ4n) is 3.15. The quantitative estimate of drug-likeness (QED) is 0.929. The number of hydrogen-bond donors (Lipinski definition) is 1. The zero-order chi connectivity index (χ0) is 17.2. The maximum Gasteiger partial charge on any atom is 0.228 e. The van der Waals surface area contributed by atoms with Crippen LogP contribution in [0.5, 0.6) is 0 Å². The van der Waals surface area contributed by atoms with Crippen molar-refractivity contribution in [1.82, 2.24) is 10.2 Å². The van der Waals surface area contributed by atoms with Gasteiger partial charge >= 0.3 is 0 Å². The van der Waals surface area contributed by atoms with Crippen LogP contribution in [0.4, 0.5) is 17.3 Å². The molecule has 1 saturated carbocycles. The third-order valence-electron chi connectivity index (χ3n) is 4.82. The maximum atomic E-state index is 11.8. The van der Waals surface area contributed by atoms with E-state index in [1.54, 1.807) is 0 Å². The van der Waals surface area contributed by atoms with Crippen LogP contribution in [-0.4, -0.2) is 42.3 Å². The smallest absolute Gasteiger partial charge is 0.228 e. The number of carbonyl (C=O) groups is 1. The summed E-state index contributed by atoms with van der Waals surface area (Å²) in [6, 6.07) is 12.4. The summed E-state index contributed by atoms with van der Waals surface area (Å²) in [6.07, 6.45) is 1.98. The van der Waals surface area contributed by atoms with Crippen molar-refractivity contribution >= 4 is 23.2 Å². The average Bonchev–Trinajstić information content (AvgIpc) is 3.48. The van der Waals surface area contributed by atoms with E-state index < -0.39 is 0 Å². The van der Waals surface area contributed by atoms with E-state index in [0.717, 1.165) is 44.8 Å². The van der Waals surface area contributed by atoms with Gasteiger partial charge in [0, 0.05) is 37.8 Å². The van der Waals surface area contributed by atoms with Gasteiger partial charge in [-0.3, -0.25) is 4.79 Å². The Labute approximate surface area is 147 Å². The average molecular weight is 337 g/mol. The molecule has 0 atom stereocenters. The van der Waals surface area contributed by atoms with E-state index >= 15 is 0 Å². The van der Waals surface area contributed by atoms with E-state index in [9.17, 15) is 4.79 Å². The first-order valence-electron chi connectivity index (χ1n) is 8.90. The van der Waals surface area contributed by atoms with Gasteiger partial charge in [-0.05, 0) is 49.6 Å². The molecule has 0 unspecified atom stereocenters. The van der Waals surface area contributed by atoms with Crippen LogP contribution in [0.25, 0.3) is 0 Å². The molecular weight excluding hydrogens is 314 g/mol. The Kier molecular flexibility index (Phi) is 4.26. The molecule has 2 aliphatic rings. The number of amides is 1. The second-order valence-electron chi connectivity index (χ2n) is 6.85. The normalized spacial score (nSPS) is 17.5. The lowest BCUT2D eigenvalue weighted by atomic mass is 10.2. The first-order valence-corrected chi connectivity index (χ1v) is 8.90. The molecule has 4 rings (SSSR count). The van der Waals surface area contributed by atoms with Gasteiger partial charge in [-0.25, -0.2) is 0 Å². The molecule has 1 amide bonds. The minimum Gasteiger partial charge on any atom is -0.368 e. The summed E-state index contributed by atoms with van der Waals surface area (Å²) in [7, 11) is 0. The highest BCUT2D eigenvalue weighted by Gasteiger charge is 2.29. The van der Waals surface area contributed by atoms with E-state index in [0.29, 0.717) is 5.82 Å². The molecule has 2 fully saturated rings. The van der Waals surface area contributed by atoms with E-state index in [1.807, 2.05) is 12.1 Å². The fourth-order valence-corrected chi connectivity index (χ4v) is 3.15. The van der Waals surface area contributed by atoms with Gasteiger partial charge < -0.3 is 15.1 Å². The van der Waals surface area contributed by atoms with Gasteiger partial charge in [-0.1, -0.05) is 12.1 Å². The highest BCUT2D eigenvalue weighted by Crippen LogP contribution is 2.30. The van der Waals surface area contributed by atoms with Gasteiger partial charge in [0.15, 0.2) is 11.6 Å². The topological polar surface area (TPSA) is 61.4 Å². The summed E-state index contributed by atoms with van der Waals surface area (Å²) in [5.41, 5.74) is 2.57. The molecule has 1 saturated heterocycles. The number of nitrogens with one attached hydrogen (secondary N) is 1. The molecule has 2 aromatic rings. The fraction of sp³-hybridized carbons (Fsp3) is 0.421. The Morgan fingerprint density at radius 2 is 1.80 bits per heavy atom. The first-order chi connectivity index (χ1) is 12.2. The molecule has 0 radical (unpaired) electrons. The third kappa shape index (κ3) is 3.73. The minimum atomic E-state index is 0.0637. The van der Waals surface area contributed by atoms with Crippen LogP contribution >= 0.6 is 0 Å². The summed E-state index contributed by atoms with van der Waals surface area (Å²) >= 11 is 0. The first kappa shape index (κ1) is 15.9. The van der Waals surface area contributed by atoms with Crippen LogP contribution in [0.1, 0.15) is 18.4 Å². The number of rotatable bonds is 4. The third-order valence-corrected chi connectivity index (χ3v) is 4.82. The summed E-state index contributed by atoms with van der Waals surface area (Å²) in [5, 5.41) is 11.3. The zero-order valence-corrected chi connectivity index (χ0v) is 14.5. The van der Waals surface area contributed by atoms with Gasteiger partial charge in [0.05, 0.1) is 0 Å². The molecule has 1 aliphatic heterocycles. The number of nitrogens with zero attached hydrogens (tertiary/aromatic N) is 4. The van der Waals surface area contributed by atoms with Gasteiger partial charge in [0.25, 0.3) is 0 Å².